The van der Waals surface area contributed by atoms with Crippen LogP contribution in [0.5, 0.6) is 0 Å². The lowest BCUT2D eigenvalue weighted by Crippen LogP contribution is -2.48. The third-order valence-corrected chi connectivity index (χ3v) is 6.13. The summed E-state index contributed by atoms with van der Waals surface area (Å²) in [5.41, 5.74) is 4.15. The number of nitrogens with zero attached hydrogens (tertiary/aromatic N) is 3. The number of aryl methyl sites for hydroxylation is 2. The number of rotatable bonds is 9. The molecule has 0 atom stereocenters. The van der Waals surface area contributed by atoms with E-state index in [9.17, 15) is 14.7 Å². The molecular weight excluding hydrogens is 378 g/mol. The summed E-state index contributed by atoms with van der Waals surface area (Å²) in [5, 5.41) is 9.20. The SMILES string of the molecule is CCCCCCN1C(=O)C(c2ccc(C)cc2C)=C(N2CCN(CCO)CC2)C1=O. The number of imide groups is 1. The number of aliphatic hydroxyl groups is 1. The molecule has 6 nitrogen and oxygen atoms in total. The summed E-state index contributed by atoms with van der Waals surface area (Å²) < 4.78 is 0. The van der Waals surface area contributed by atoms with Gasteiger partial charge in [-0.05, 0) is 31.4 Å². The Hall–Kier alpha value is -2.18. The van der Waals surface area contributed by atoms with Gasteiger partial charge in [0.15, 0.2) is 0 Å². The van der Waals surface area contributed by atoms with E-state index in [0.717, 1.165) is 55.5 Å². The van der Waals surface area contributed by atoms with Gasteiger partial charge in [-0.2, -0.15) is 0 Å². The quantitative estimate of drug-likeness (QED) is 0.498. The van der Waals surface area contributed by atoms with Gasteiger partial charge in [-0.1, -0.05) is 49.9 Å². The van der Waals surface area contributed by atoms with Gasteiger partial charge in [0.05, 0.1) is 12.2 Å². The predicted molar refractivity (Wildman–Crippen MR) is 119 cm³/mol. The van der Waals surface area contributed by atoms with E-state index in [1.165, 1.54) is 4.90 Å². The molecular formula is C24H35N3O3. The average molecular weight is 414 g/mol. The molecule has 30 heavy (non-hydrogen) atoms. The van der Waals surface area contributed by atoms with E-state index in [1.54, 1.807) is 0 Å². The Bertz CT molecular complexity index is 810. The van der Waals surface area contributed by atoms with Crippen molar-refractivity contribution < 1.29 is 14.7 Å². The number of carbonyl (C=O) groups is 2. The number of benzene rings is 1. The van der Waals surface area contributed by atoms with Gasteiger partial charge in [-0.25, -0.2) is 0 Å². The number of piperazine rings is 1. The molecule has 0 bridgehead atoms. The smallest absolute Gasteiger partial charge is 0.277 e. The summed E-state index contributed by atoms with van der Waals surface area (Å²) in [7, 11) is 0. The number of hydrogen-bond donors (Lipinski definition) is 1. The molecule has 2 aliphatic heterocycles. The standard InChI is InChI=1S/C24H35N3O3/c1-4-5-6-7-10-27-23(29)21(20-9-8-18(2)17-19(20)3)22(24(27)30)26-13-11-25(12-14-26)15-16-28/h8-9,17,28H,4-7,10-16H2,1-3H3. The van der Waals surface area contributed by atoms with E-state index in [2.05, 4.69) is 22.8 Å². The van der Waals surface area contributed by atoms with Crippen molar-refractivity contribution in [2.24, 2.45) is 0 Å². The lowest BCUT2D eigenvalue weighted by molar-refractivity contribution is -0.137. The third kappa shape index (κ3) is 4.76. The monoisotopic (exact) mass is 413 g/mol. The van der Waals surface area contributed by atoms with Crippen molar-refractivity contribution >= 4 is 17.4 Å². The van der Waals surface area contributed by atoms with Crippen LogP contribution in [-0.2, 0) is 9.59 Å². The normalized spacial score (nSPS) is 18.1. The second kappa shape index (κ2) is 10.2. The minimum atomic E-state index is -0.156. The van der Waals surface area contributed by atoms with Crippen LogP contribution < -0.4 is 0 Å². The van der Waals surface area contributed by atoms with Crippen molar-refractivity contribution in [3.63, 3.8) is 0 Å². The molecule has 0 spiro atoms. The topological polar surface area (TPSA) is 64.1 Å². The van der Waals surface area contributed by atoms with Crippen molar-refractivity contribution in [3.8, 4) is 0 Å². The number of carbonyl (C=O) groups excluding carboxylic acids is 2. The Kier molecular flexibility index (Phi) is 7.67. The second-order valence-corrected chi connectivity index (χ2v) is 8.42. The van der Waals surface area contributed by atoms with E-state index in [4.69, 9.17) is 0 Å². The first-order chi connectivity index (χ1) is 14.5. The van der Waals surface area contributed by atoms with Crippen LogP contribution in [0.1, 0.15) is 49.3 Å². The van der Waals surface area contributed by atoms with E-state index in [1.807, 2.05) is 26.0 Å². The van der Waals surface area contributed by atoms with Gasteiger partial charge >= 0.3 is 0 Å². The molecule has 0 unspecified atom stereocenters. The molecule has 0 aliphatic carbocycles. The molecule has 1 saturated heterocycles. The summed E-state index contributed by atoms with van der Waals surface area (Å²) in [6.07, 6.45) is 4.12. The van der Waals surface area contributed by atoms with Gasteiger partial charge in [0.1, 0.15) is 5.70 Å². The Labute approximate surface area is 180 Å². The molecule has 6 heteroatoms. The minimum Gasteiger partial charge on any atom is -0.395 e. The largest absolute Gasteiger partial charge is 0.395 e. The van der Waals surface area contributed by atoms with Crippen LogP contribution in [0.2, 0.25) is 0 Å². The molecule has 2 aliphatic rings. The first-order valence-electron chi connectivity index (χ1n) is 11.2. The van der Waals surface area contributed by atoms with Gasteiger partial charge < -0.3 is 10.0 Å². The second-order valence-electron chi connectivity index (χ2n) is 8.42. The van der Waals surface area contributed by atoms with Crippen LogP contribution in [0.3, 0.4) is 0 Å². The zero-order valence-electron chi connectivity index (χ0n) is 18.6. The molecule has 0 aromatic heterocycles. The van der Waals surface area contributed by atoms with Gasteiger partial charge in [-0.15, -0.1) is 0 Å². The number of unbranched alkanes of at least 4 members (excludes halogenated alkanes) is 3. The highest BCUT2D eigenvalue weighted by molar-refractivity contribution is 6.35. The van der Waals surface area contributed by atoms with Gasteiger partial charge in [0, 0.05) is 39.3 Å². The van der Waals surface area contributed by atoms with Crippen molar-refractivity contribution in [1.82, 2.24) is 14.7 Å². The zero-order chi connectivity index (χ0) is 21.7. The molecule has 1 aromatic carbocycles. The van der Waals surface area contributed by atoms with Crippen LogP contribution in [0.4, 0.5) is 0 Å². The van der Waals surface area contributed by atoms with Gasteiger partial charge in [-0.3, -0.25) is 19.4 Å². The first-order valence-corrected chi connectivity index (χ1v) is 11.2. The summed E-state index contributed by atoms with van der Waals surface area (Å²) in [6.45, 7) is 10.4. The summed E-state index contributed by atoms with van der Waals surface area (Å²) in [5.74, 6) is -0.307. The fourth-order valence-electron chi connectivity index (χ4n) is 4.43. The molecule has 0 saturated carbocycles. The highest BCUT2D eigenvalue weighted by Gasteiger charge is 2.42. The summed E-state index contributed by atoms with van der Waals surface area (Å²) >= 11 is 0. The van der Waals surface area contributed by atoms with E-state index < -0.39 is 0 Å². The molecule has 1 N–H and O–H groups in total. The van der Waals surface area contributed by atoms with Gasteiger partial charge in [0.25, 0.3) is 11.8 Å². The molecule has 164 valence electrons. The highest BCUT2D eigenvalue weighted by Crippen LogP contribution is 2.34. The molecule has 3 rings (SSSR count). The van der Waals surface area contributed by atoms with E-state index >= 15 is 0 Å². The number of β-amino-alcohol motifs (C(OH)–C–C–N with tert-alkyl or cyclic N) is 1. The van der Waals surface area contributed by atoms with Crippen molar-refractivity contribution in [2.45, 2.75) is 46.5 Å². The van der Waals surface area contributed by atoms with Crippen LogP contribution in [-0.4, -0.2) is 77.5 Å². The first kappa shape index (κ1) is 22.5. The van der Waals surface area contributed by atoms with Crippen LogP contribution in [0.25, 0.3) is 5.57 Å². The van der Waals surface area contributed by atoms with Crippen LogP contribution in [0, 0.1) is 13.8 Å². The molecule has 2 amide bonds. The summed E-state index contributed by atoms with van der Waals surface area (Å²) in [6, 6.07) is 6.06. The Morgan fingerprint density at radius 1 is 0.933 bits per heavy atom. The number of aliphatic hydroxyl groups excluding tert-OH is 1. The molecule has 1 aromatic rings. The Balaban J connectivity index is 1.90. The fourth-order valence-corrected chi connectivity index (χ4v) is 4.43. The highest BCUT2D eigenvalue weighted by atomic mass is 16.3. The van der Waals surface area contributed by atoms with Gasteiger partial charge in [0.2, 0.25) is 0 Å². The lowest BCUT2D eigenvalue weighted by Gasteiger charge is -2.36. The lowest BCUT2D eigenvalue weighted by atomic mass is 9.97. The predicted octanol–water partition coefficient (Wildman–Crippen LogP) is 2.57. The zero-order valence-corrected chi connectivity index (χ0v) is 18.6. The molecule has 2 heterocycles. The maximum absolute atomic E-state index is 13.4. The maximum Gasteiger partial charge on any atom is 0.277 e. The van der Waals surface area contributed by atoms with Crippen LogP contribution >= 0.6 is 0 Å². The Morgan fingerprint density at radius 3 is 2.30 bits per heavy atom. The Morgan fingerprint density at radius 2 is 1.67 bits per heavy atom. The number of hydrogen-bond acceptors (Lipinski definition) is 5. The maximum atomic E-state index is 13.4. The molecule has 1 fully saturated rings. The van der Waals surface area contributed by atoms with E-state index in [0.29, 0.717) is 37.4 Å². The number of amides is 2. The fraction of sp³-hybridized carbons (Fsp3) is 0.583. The summed E-state index contributed by atoms with van der Waals surface area (Å²) in [4.78, 5) is 32.5. The third-order valence-electron chi connectivity index (χ3n) is 6.13. The van der Waals surface area contributed by atoms with Crippen molar-refractivity contribution in [3.05, 3.63) is 40.6 Å². The minimum absolute atomic E-state index is 0.138. The molecule has 0 radical (unpaired) electrons. The average Bonchev–Trinajstić information content (AvgIpc) is 2.96. The van der Waals surface area contributed by atoms with Crippen molar-refractivity contribution in [1.29, 1.82) is 0 Å². The van der Waals surface area contributed by atoms with E-state index in [-0.39, 0.29) is 18.4 Å². The van der Waals surface area contributed by atoms with Crippen molar-refractivity contribution in [2.75, 3.05) is 45.9 Å². The van der Waals surface area contributed by atoms with Crippen LogP contribution in [0.15, 0.2) is 23.9 Å².